The molecule has 0 aromatic heterocycles. The first-order chi connectivity index (χ1) is 9.43. The van der Waals surface area contributed by atoms with Crippen molar-refractivity contribution in [3.8, 4) is 0 Å². The van der Waals surface area contributed by atoms with Gasteiger partial charge in [0, 0.05) is 6.92 Å². The Balaban J connectivity index is 2.81. The van der Waals surface area contributed by atoms with Crippen LogP contribution in [0.5, 0.6) is 0 Å². The third-order valence-electron chi connectivity index (χ3n) is 3.04. The maximum atomic E-state index is 11.3. The maximum absolute atomic E-state index is 11.3. The maximum Gasteiger partial charge on any atom is 0.335 e. The molecule has 0 bridgehead atoms. The van der Waals surface area contributed by atoms with Crippen LogP contribution in [0.15, 0.2) is 24.3 Å². The minimum atomic E-state index is -0.945. The topological polar surface area (TPSA) is 66.4 Å². The number of carbonyl (C=O) groups is 2. The van der Waals surface area contributed by atoms with Crippen LogP contribution in [0.4, 0.5) is 0 Å². The van der Waals surface area contributed by atoms with Crippen molar-refractivity contribution in [3.63, 3.8) is 0 Å². The van der Waals surface area contributed by atoms with E-state index in [-0.39, 0.29) is 16.8 Å². The van der Waals surface area contributed by atoms with Gasteiger partial charge < -0.3 is 10.4 Å². The number of rotatable bonds is 7. The molecule has 1 aromatic carbocycles. The fourth-order valence-electron chi connectivity index (χ4n) is 1.58. The van der Waals surface area contributed by atoms with E-state index in [1.165, 1.54) is 6.92 Å². The van der Waals surface area contributed by atoms with Crippen LogP contribution in [-0.4, -0.2) is 22.7 Å². The first-order valence-corrected chi connectivity index (χ1v) is 7.70. The van der Waals surface area contributed by atoms with Crippen molar-refractivity contribution in [2.24, 2.45) is 5.92 Å². The lowest BCUT2D eigenvalue weighted by molar-refractivity contribution is -0.119. The summed E-state index contributed by atoms with van der Waals surface area (Å²) in [6.07, 6.45) is 1.09. The number of benzene rings is 1. The molecule has 0 fully saturated rings. The number of carboxylic acid groups (broad SMARTS) is 1. The van der Waals surface area contributed by atoms with Gasteiger partial charge in [-0.05, 0) is 29.4 Å². The van der Waals surface area contributed by atoms with E-state index < -0.39 is 5.97 Å². The molecule has 2 atom stereocenters. The number of aromatic carboxylic acids is 1. The van der Waals surface area contributed by atoms with E-state index in [9.17, 15) is 9.59 Å². The summed E-state index contributed by atoms with van der Waals surface area (Å²) in [7, 11) is 0. The SMILES string of the molecule is CCC(C)CSC(NC(C)=O)c1ccc(C(=O)O)cc1. The van der Waals surface area contributed by atoms with Gasteiger partial charge in [0.15, 0.2) is 0 Å². The average molecular weight is 295 g/mol. The molecule has 0 saturated carbocycles. The standard InChI is InChI=1S/C15H21NO3S/c1-4-10(2)9-20-14(16-11(3)17)12-5-7-13(8-6-12)15(18)19/h5-8,10,14H,4,9H2,1-3H3,(H,16,17)(H,18,19). The zero-order valence-electron chi connectivity index (χ0n) is 12.1. The summed E-state index contributed by atoms with van der Waals surface area (Å²) in [5.74, 6) is 0.491. The highest BCUT2D eigenvalue weighted by Crippen LogP contribution is 2.28. The smallest absolute Gasteiger partial charge is 0.335 e. The minimum Gasteiger partial charge on any atom is -0.478 e. The normalized spacial score (nSPS) is 13.6. The number of thioether (sulfide) groups is 1. The number of carbonyl (C=O) groups excluding carboxylic acids is 1. The quantitative estimate of drug-likeness (QED) is 0.757. The van der Waals surface area contributed by atoms with Gasteiger partial charge in [-0.1, -0.05) is 32.4 Å². The third-order valence-corrected chi connectivity index (χ3v) is 4.52. The van der Waals surface area contributed by atoms with Crippen molar-refractivity contribution >= 4 is 23.6 Å². The van der Waals surface area contributed by atoms with Gasteiger partial charge in [0.2, 0.25) is 5.91 Å². The van der Waals surface area contributed by atoms with Gasteiger partial charge in [-0.2, -0.15) is 0 Å². The first kappa shape index (κ1) is 16.6. The van der Waals surface area contributed by atoms with E-state index >= 15 is 0 Å². The minimum absolute atomic E-state index is 0.0889. The van der Waals surface area contributed by atoms with Gasteiger partial charge in [-0.15, -0.1) is 11.8 Å². The Morgan fingerprint density at radius 2 is 1.90 bits per heavy atom. The first-order valence-electron chi connectivity index (χ1n) is 6.66. The largest absolute Gasteiger partial charge is 0.478 e. The molecule has 5 heteroatoms. The predicted octanol–water partition coefficient (Wildman–Crippen LogP) is 3.30. The molecule has 4 nitrogen and oxygen atoms in total. The van der Waals surface area contributed by atoms with Gasteiger partial charge in [-0.3, -0.25) is 4.79 Å². The summed E-state index contributed by atoms with van der Waals surface area (Å²) in [5.41, 5.74) is 1.17. The molecule has 2 N–H and O–H groups in total. The van der Waals surface area contributed by atoms with Crippen LogP contribution in [0.3, 0.4) is 0 Å². The molecule has 2 unspecified atom stereocenters. The Morgan fingerprint density at radius 1 is 1.30 bits per heavy atom. The molecule has 0 aliphatic heterocycles. The summed E-state index contributed by atoms with van der Waals surface area (Å²) in [6, 6.07) is 6.65. The summed E-state index contributed by atoms with van der Waals surface area (Å²) in [5, 5.41) is 11.7. The highest BCUT2D eigenvalue weighted by Gasteiger charge is 2.15. The van der Waals surface area contributed by atoms with Crippen LogP contribution in [0.1, 0.15) is 48.5 Å². The van der Waals surface area contributed by atoms with Crippen LogP contribution in [0.25, 0.3) is 0 Å². The van der Waals surface area contributed by atoms with E-state index in [1.807, 2.05) is 0 Å². The van der Waals surface area contributed by atoms with Crippen molar-refractivity contribution in [1.29, 1.82) is 0 Å². The zero-order valence-corrected chi connectivity index (χ0v) is 12.9. The number of hydrogen-bond donors (Lipinski definition) is 2. The predicted molar refractivity (Wildman–Crippen MR) is 81.9 cm³/mol. The number of hydrogen-bond acceptors (Lipinski definition) is 3. The Hall–Kier alpha value is -1.49. The zero-order chi connectivity index (χ0) is 15.1. The van der Waals surface area contributed by atoms with E-state index in [0.717, 1.165) is 17.7 Å². The molecule has 0 spiro atoms. The molecule has 20 heavy (non-hydrogen) atoms. The number of nitrogens with one attached hydrogen (secondary N) is 1. The van der Waals surface area contributed by atoms with Gasteiger partial charge in [-0.25, -0.2) is 4.79 Å². The average Bonchev–Trinajstić information content (AvgIpc) is 2.42. The molecule has 110 valence electrons. The van der Waals surface area contributed by atoms with Crippen LogP contribution < -0.4 is 5.32 Å². The monoisotopic (exact) mass is 295 g/mol. The fourth-order valence-corrected chi connectivity index (χ4v) is 2.94. The molecule has 0 aliphatic carbocycles. The molecule has 0 saturated heterocycles. The van der Waals surface area contributed by atoms with Crippen LogP contribution in [0, 0.1) is 5.92 Å². The molecule has 1 aromatic rings. The molecule has 0 heterocycles. The van der Waals surface area contributed by atoms with Gasteiger partial charge in [0.25, 0.3) is 0 Å². The lowest BCUT2D eigenvalue weighted by atomic mass is 10.1. The van der Waals surface area contributed by atoms with E-state index in [2.05, 4.69) is 19.2 Å². The second kappa shape index (κ2) is 7.94. The van der Waals surface area contributed by atoms with E-state index in [0.29, 0.717) is 5.92 Å². The Kier molecular flexibility index (Phi) is 6.58. The van der Waals surface area contributed by atoms with Gasteiger partial charge in [0.05, 0.1) is 5.56 Å². The van der Waals surface area contributed by atoms with Crippen molar-refractivity contribution in [1.82, 2.24) is 5.32 Å². The van der Waals surface area contributed by atoms with Crippen LogP contribution >= 0.6 is 11.8 Å². The Labute approximate surface area is 124 Å². The molecular formula is C15H21NO3S. The highest BCUT2D eigenvalue weighted by atomic mass is 32.2. The second-order valence-corrected chi connectivity index (χ2v) is 5.99. The van der Waals surface area contributed by atoms with Crippen molar-refractivity contribution in [3.05, 3.63) is 35.4 Å². The number of amides is 1. The molecule has 1 rings (SSSR count). The lowest BCUT2D eigenvalue weighted by Crippen LogP contribution is -2.24. The van der Waals surface area contributed by atoms with Crippen molar-refractivity contribution in [2.75, 3.05) is 5.75 Å². The third kappa shape index (κ3) is 5.25. The fraction of sp³-hybridized carbons (Fsp3) is 0.467. The van der Waals surface area contributed by atoms with Crippen LogP contribution in [-0.2, 0) is 4.79 Å². The summed E-state index contributed by atoms with van der Waals surface area (Å²) < 4.78 is 0. The van der Waals surface area contributed by atoms with E-state index in [4.69, 9.17) is 5.11 Å². The lowest BCUT2D eigenvalue weighted by Gasteiger charge is -2.20. The molecular weight excluding hydrogens is 274 g/mol. The van der Waals surface area contributed by atoms with Gasteiger partial charge >= 0.3 is 5.97 Å². The molecule has 0 aliphatic rings. The molecule has 0 radical (unpaired) electrons. The van der Waals surface area contributed by atoms with Crippen LogP contribution in [0.2, 0.25) is 0 Å². The Morgan fingerprint density at radius 3 is 2.35 bits per heavy atom. The molecule has 1 amide bonds. The van der Waals surface area contributed by atoms with Crippen molar-refractivity contribution in [2.45, 2.75) is 32.6 Å². The summed E-state index contributed by atoms with van der Waals surface area (Å²) in [6.45, 7) is 5.80. The second-order valence-electron chi connectivity index (χ2n) is 4.85. The Bertz CT molecular complexity index is 459. The van der Waals surface area contributed by atoms with Crippen molar-refractivity contribution < 1.29 is 14.7 Å². The summed E-state index contributed by atoms with van der Waals surface area (Å²) in [4.78, 5) is 22.1. The van der Waals surface area contributed by atoms with E-state index in [1.54, 1.807) is 36.0 Å². The number of carboxylic acids is 1. The highest BCUT2D eigenvalue weighted by molar-refractivity contribution is 7.99. The summed E-state index contributed by atoms with van der Waals surface area (Å²) >= 11 is 1.67. The van der Waals surface area contributed by atoms with Gasteiger partial charge in [0.1, 0.15) is 5.37 Å².